The van der Waals surface area contributed by atoms with E-state index in [0.29, 0.717) is 18.5 Å². The number of ether oxygens (including phenoxy) is 1. The lowest BCUT2D eigenvalue weighted by Crippen LogP contribution is -2.47. The van der Waals surface area contributed by atoms with Crippen molar-refractivity contribution >= 4 is 5.91 Å². The average Bonchev–Trinajstić information content (AvgIpc) is 2.41. The monoisotopic (exact) mass is 263 g/mol. The molecular weight excluding hydrogens is 249 g/mol. The van der Waals surface area contributed by atoms with E-state index in [0.717, 1.165) is 5.56 Å². The van der Waals surface area contributed by atoms with Crippen LogP contribution in [0.2, 0.25) is 0 Å². The number of hydrogen-bond donors (Lipinski definition) is 1. The number of fused-ring (bicyclic) bond motifs is 1. The van der Waals surface area contributed by atoms with Gasteiger partial charge in [-0.3, -0.25) is 4.79 Å². The molecule has 0 bridgehead atoms. The number of rotatable bonds is 1. The summed E-state index contributed by atoms with van der Waals surface area (Å²) in [7, 11) is 0. The van der Waals surface area contributed by atoms with E-state index in [4.69, 9.17) is 4.74 Å². The normalized spacial score (nSPS) is 26.9. The minimum Gasteiger partial charge on any atom is -0.363 e. The number of carbonyl (C=O) groups is 1. The van der Waals surface area contributed by atoms with Gasteiger partial charge in [0, 0.05) is 6.42 Å². The Morgan fingerprint density at radius 1 is 1.32 bits per heavy atom. The molecule has 1 amide bonds. The molecule has 0 aliphatic carbocycles. The van der Waals surface area contributed by atoms with Crippen molar-refractivity contribution in [3.63, 3.8) is 0 Å². The second-order valence-electron chi connectivity index (χ2n) is 4.68. The Morgan fingerprint density at radius 3 is 2.79 bits per heavy atom. The van der Waals surface area contributed by atoms with E-state index >= 15 is 0 Å². The van der Waals surface area contributed by atoms with E-state index in [1.807, 2.05) is 6.08 Å². The Labute approximate surface area is 110 Å². The van der Waals surface area contributed by atoms with Crippen molar-refractivity contribution in [2.24, 2.45) is 0 Å². The molecule has 0 aromatic heterocycles. The van der Waals surface area contributed by atoms with E-state index < -0.39 is 6.29 Å². The molecule has 1 fully saturated rings. The SMILES string of the molecule is O=C1CCC=C2[C@H](O)OCC(c3ccc(F)cc3)N12. The first-order valence-corrected chi connectivity index (χ1v) is 6.24. The van der Waals surface area contributed by atoms with Gasteiger partial charge in [-0.15, -0.1) is 0 Å². The Morgan fingerprint density at radius 2 is 2.05 bits per heavy atom. The molecule has 4 nitrogen and oxygen atoms in total. The molecule has 1 N–H and O–H groups in total. The average molecular weight is 263 g/mol. The van der Waals surface area contributed by atoms with Gasteiger partial charge in [0.25, 0.3) is 0 Å². The summed E-state index contributed by atoms with van der Waals surface area (Å²) < 4.78 is 18.3. The first kappa shape index (κ1) is 12.3. The van der Waals surface area contributed by atoms with Crippen molar-refractivity contribution in [2.75, 3.05) is 6.61 Å². The van der Waals surface area contributed by atoms with Crippen molar-refractivity contribution in [3.05, 3.63) is 47.4 Å². The van der Waals surface area contributed by atoms with E-state index in [9.17, 15) is 14.3 Å². The molecule has 5 heteroatoms. The molecule has 3 rings (SSSR count). The van der Waals surface area contributed by atoms with Crippen LogP contribution >= 0.6 is 0 Å². The highest BCUT2D eigenvalue weighted by Crippen LogP contribution is 2.35. The van der Waals surface area contributed by atoms with Gasteiger partial charge in [0.05, 0.1) is 18.3 Å². The highest BCUT2D eigenvalue weighted by atomic mass is 19.1. The Kier molecular flexibility index (Phi) is 3.08. The number of hydrogen-bond acceptors (Lipinski definition) is 3. The smallest absolute Gasteiger partial charge is 0.227 e. The van der Waals surface area contributed by atoms with Crippen molar-refractivity contribution in [1.29, 1.82) is 0 Å². The summed E-state index contributed by atoms with van der Waals surface area (Å²) in [5.41, 5.74) is 1.30. The van der Waals surface area contributed by atoms with Crippen molar-refractivity contribution in [2.45, 2.75) is 25.2 Å². The maximum atomic E-state index is 13.0. The standard InChI is InChI=1S/C14H14FNO3/c15-10-6-4-9(5-7-10)12-8-19-14(18)11-2-1-3-13(17)16(11)12/h2,4-7,12,14,18H,1,3,8H2/t12?,14-/m1/s1. The first-order chi connectivity index (χ1) is 9.16. The van der Waals surface area contributed by atoms with Crippen LogP contribution in [0.25, 0.3) is 0 Å². The third-order valence-corrected chi connectivity index (χ3v) is 3.49. The number of amides is 1. The summed E-state index contributed by atoms with van der Waals surface area (Å²) in [6, 6.07) is 5.69. The molecule has 2 heterocycles. The number of nitrogens with zero attached hydrogens (tertiary/aromatic N) is 1. The second-order valence-corrected chi connectivity index (χ2v) is 4.68. The van der Waals surface area contributed by atoms with Crippen LogP contribution < -0.4 is 0 Å². The molecule has 100 valence electrons. The van der Waals surface area contributed by atoms with Gasteiger partial charge in [-0.1, -0.05) is 18.2 Å². The molecule has 2 aliphatic rings. The number of benzene rings is 1. The fourth-order valence-electron chi connectivity index (χ4n) is 2.55. The summed E-state index contributed by atoms with van der Waals surface area (Å²) in [6.07, 6.45) is 1.80. The Balaban J connectivity index is 1.97. The zero-order valence-electron chi connectivity index (χ0n) is 10.3. The number of allylic oxidation sites excluding steroid dienone is 1. The summed E-state index contributed by atoms with van der Waals surface area (Å²) >= 11 is 0. The summed E-state index contributed by atoms with van der Waals surface area (Å²) in [4.78, 5) is 13.6. The lowest BCUT2D eigenvalue weighted by Gasteiger charge is -2.41. The highest BCUT2D eigenvalue weighted by Gasteiger charge is 2.38. The molecular formula is C14H14FNO3. The summed E-state index contributed by atoms with van der Waals surface area (Å²) in [6.45, 7) is 0.204. The molecule has 2 aliphatic heterocycles. The molecule has 1 saturated heterocycles. The maximum Gasteiger partial charge on any atom is 0.227 e. The molecule has 19 heavy (non-hydrogen) atoms. The number of aliphatic hydroxyl groups is 1. The van der Waals surface area contributed by atoms with Crippen LogP contribution in [0.5, 0.6) is 0 Å². The van der Waals surface area contributed by atoms with E-state index in [1.54, 1.807) is 17.0 Å². The highest BCUT2D eigenvalue weighted by molar-refractivity contribution is 5.80. The Bertz CT molecular complexity index is 526. The molecule has 1 aromatic rings. The predicted octanol–water partition coefficient (Wildman–Crippen LogP) is 1.72. The fraction of sp³-hybridized carbons (Fsp3) is 0.357. The molecule has 0 spiro atoms. The Hall–Kier alpha value is -1.72. The van der Waals surface area contributed by atoms with Gasteiger partial charge >= 0.3 is 0 Å². The van der Waals surface area contributed by atoms with Gasteiger partial charge in [-0.05, 0) is 24.1 Å². The van der Waals surface area contributed by atoms with Crippen LogP contribution in [0, 0.1) is 5.82 Å². The van der Waals surface area contributed by atoms with Crippen LogP contribution in [0.1, 0.15) is 24.4 Å². The minimum atomic E-state index is -1.05. The third-order valence-electron chi connectivity index (χ3n) is 3.49. The zero-order valence-corrected chi connectivity index (χ0v) is 10.3. The largest absolute Gasteiger partial charge is 0.363 e. The molecule has 0 saturated carbocycles. The molecule has 0 radical (unpaired) electrons. The fourth-order valence-corrected chi connectivity index (χ4v) is 2.55. The van der Waals surface area contributed by atoms with Gasteiger partial charge in [0.15, 0.2) is 6.29 Å². The third kappa shape index (κ3) is 2.15. The van der Waals surface area contributed by atoms with Crippen LogP contribution in [-0.2, 0) is 9.53 Å². The summed E-state index contributed by atoms with van der Waals surface area (Å²) in [5.74, 6) is -0.351. The van der Waals surface area contributed by atoms with Crippen LogP contribution in [0.15, 0.2) is 36.0 Å². The lowest BCUT2D eigenvalue weighted by molar-refractivity contribution is -0.160. The van der Waals surface area contributed by atoms with E-state index in [-0.39, 0.29) is 24.4 Å². The minimum absolute atomic E-state index is 0.0332. The topological polar surface area (TPSA) is 49.8 Å². The van der Waals surface area contributed by atoms with E-state index in [1.165, 1.54) is 12.1 Å². The van der Waals surface area contributed by atoms with Crippen molar-refractivity contribution < 1.29 is 19.0 Å². The predicted molar refractivity (Wildman–Crippen MR) is 65.3 cm³/mol. The first-order valence-electron chi connectivity index (χ1n) is 6.24. The van der Waals surface area contributed by atoms with E-state index in [2.05, 4.69) is 0 Å². The zero-order chi connectivity index (χ0) is 13.4. The molecule has 1 aromatic carbocycles. The van der Waals surface area contributed by atoms with Gasteiger partial charge < -0.3 is 14.7 Å². The second kappa shape index (κ2) is 4.75. The van der Waals surface area contributed by atoms with Gasteiger partial charge in [0.2, 0.25) is 5.91 Å². The van der Waals surface area contributed by atoms with Crippen LogP contribution in [0.4, 0.5) is 4.39 Å². The summed E-state index contributed by atoms with van der Waals surface area (Å²) in [5, 5.41) is 9.79. The maximum absolute atomic E-state index is 13.0. The van der Waals surface area contributed by atoms with Crippen molar-refractivity contribution in [3.8, 4) is 0 Å². The lowest BCUT2D eigenvalue weighted by atomic mass is 10.00. The molecule has 1 unspecified atom stereocenters. The molecule has 2 atom stereocenters. The number of carbonyl (C=O) groups excluding carboxylic acids is 1. The van der Waals surface area contributed by atoms with Crippen LogP contribution in [-0.4, -0.2) is 28.8 Å². The number of aliphatic hydroxyl groups excluding tert-OH is 1. The van der Waals surface area contributed by atoms with Crippen molar-refractivity contribution in [1.82, 2.24) is 4.90 Å². The number of halogens is 1. The quantitative estimate of drug-likeness (QED) is 0.839. The van der Waals surface area contributed by atoms with Crippen LogP contribution in [0.3, 0.4) is 0 Å². The van der Waals surface area contributed by atoms with Gasteiger partial charge in [-0.2, -0.15) is 0 Å². The number of morpholine rings is 1. The van der Waals surface area contributed by atoms with Gasteiger partial charge in [-0.25, -0.2) is 4.39 Å². The van der Waals surface area contributed by atoms with Gasteiger partial charge in [0.1, 0.15) is 5.82 Å².